The molecule has 150 valence electrons. The number of ether oxygens (including phenoxy) is 2. The highest BCUT2D eigenvalue weighted by Crippen LogP contribution is 2.65. The van der Waals surface area contributed by atoms with E-state index in [9.17, 15) is 21.6 Å². The molecule has 2 aromatic carbocycles. The van der Waals surface area contributed by atoms with Gasteiger partial charge in [0.1, 0.15) is 5.75 Å². The number of methoxy groups -OCH3 is 1. The fraction of sp³-hybridized carbons (Fsp3) is 0.412. The molecule has 2 aromatic rings. The molecule has 0 spiro atoms. The van der Waals surface area contributed by atoms with Crippen molar-refractivity contribution in [2.45, 2.75) is 23.2 Å². The van der Waals surface area contributed by atoms with E-state index < -0.39 is 25.9 Å². The Morgan fingerprint density at radius 1 is 1.04 bits per heavy atom. The summed E-state index contributed by atoms with van der Waals surface area (Å²) < 4.78 is 77.8. The van der Waals surface area contributed by atoms with E-state index in [0.29, 0.717) is 34.3 Å². The van der Waals surface area contributed by atoms with Gasteiger partial charge in [-0.2, -0.15) is 21.6 Å². The van der Waals surface area contributed by atoms with Gasteiger partial charge in [0.25, 0.3) is 0 Å². The number of halogens is 3. The molecule has 0 aromatic heterocycles. The fourth-order valence-electron chi connectivity index (χ4n) is 3.13. The molecule has 0 bridgehead atoms. The van der Waals surface area contributed by atoms with Gasteiger partial charge >= 0.3 is 15.6 Å². The SMILES string of the molecule is COCOc1cccc2c(S3(OS(=O)(=O)C(F)(F)F)CCCC3)cccc12. The molecule has 1 aliphatic heterocycles. The molecule has 1 heterocycles. The number of fused-ring (bicyclic) bond motifs is 1. The highest BCUT2D eigenvalue weighted by atomic mass is 32.3. The summed E-state index contributed by atoms with van der Waals surface area (Å²) in [6, 6.07) is 10.3. The monoisotopic (exact) mass is 424 g/mol. The van der Waals surface area contributed by atoms with Crippen molar-refractivity contribution in [3.63, 3.8) is 0 Å². The smallest absolute Gasteiger partial charge is 0.467 e. The van der Waals surface area contributed by atoms with Crippen LogP contribution in [0.2, 0.25) is 0 Å². The van der Waals surface area contributed by atoms with Crippen molar-refractivity contribution in [3.8, 4) is 5.75 Å². The second-order valence-electron chi connectivity index (χ2n) is 6.05. The Morgan fingerprint density at radius 2 is 1.67 bits per heavy atom. The summed E-state index contributed by atoms with van der Waals surface area (Å²) in [4.78, 5) is 0.494. The van der Waals surface area contributed by atoms with E-state index in [1.165, 1.54) is 7.11 Å². The fourth-order valence-corrected chi connectivity index (χ4v) is 8.54. The molecule has 5 nitrogen and oxygen atoms in total. The molecule has 0 amide bonds. The Morgan fingerprint density at radius 3 is 2.30 bits per heavy atom. The lowest BCUT2D eigenvalue weighted by Gasteiger charge is -2.35. The normalized spacial score (nSPS) is 18.5. The topological polar surface area (TPSA) is 61.8 Å². The van der Waals surface area contributed by atoms with Crippen LogP contribution < -0.4 is 4.74 Å². The zero-order chi connectivity index (χ0) is 19.7. The quantitative estimate of drug-likeness (QED) is 0.503. The molecule has 10 heteroatoms. The Kier molecular flexibility index (Phi) is 5.62. The summed E-state index contributed by atoms with van der Waals surface area (Å²) in [6.45, 7) is 0.0142. The molecule has 0 atom stereocenters. The van der Waals surface area contributed by atoms with E-state index in [4.69, 9.17) is 13.1 Å². The van der Waals surface area contributed by atoms with Gasteiger partial charge in [0.05, 0.1) is 0 Å². The van der Waals surface area contributed by atoms with Crippen LogP contribution in [-0.2, 0) is 18.5 Å². The zero-order valence-electron chi connectivity index (χ0n) is 14.5. The second-order valence-corrected chi connectivity index (χ2v) is 10.8. The Balaban J connectivity index is 2.13. The van der Waals surface area contributed by atoms with Gasteiger partial charge in [-0.25, -0.2) is 3.63 Å². The number of hydrogen-bond acceptors (Lipinski definition) is 5. The molecule has 3 rings (SSSR count). The summed E-state index contributed by atoms with van der Waals surface area (Å²) in [5.41, 5.74) is -5.45. The Labute approximate surface area is 157 Å². The van der Waals surface area contributed by atoms with Gasteiger partial charge < -0.3 is 9.47 Å². The van der Waals surface area contributed by atoms with Gasteiger partial charge in [-0.1, -0.05) is 34.6 Å². The second kappa shape index (κ2) is 7.50. The summed E-state index contributed by atoms with van der Waals surface area (Å²) >= 11 is 0. The summed E-state index contributed by atoms with van der Waals surface area (Å²) in [5.74, 6) is 1.04. The highest BCUT2D eigenvalue weighted by molar-refractivity contribution is 8.33. The van der Waals surface area contributed by atoms with Gasteiger partial charge in [0.15, 0.2) is 6.79 Å². The van der Waals surface area contributed by atoms with Crippen molar-refractivity contribution in [3.05, 3.63) is 36.4 Å². The van der Waals surface area contributed by atoms with E-state index in [-0.39, 0.29) is 18.3 Å². The molecule has 1 saturated heterocycles. The standard InChI is InChI=1S/C17H19F3O5S2/c1-23-12-24-15-8-4-7-14-13(15)6-5-9-16(14)26(10-2-3-11-26)25-27(21,22)17(18,19)20/h4-9H,2-3,10-12H2,1H3. The molecule has 1 aliphatic rings. The van der Waals surface area contributed by atoms with Crippen LogP contribution in [-0.4, -0.2) is 39.3 Å². The van der Waals surface area contributed by atoms with Crippen LogP contribution in [0.25, 0.3) is 10.8 Å². The maximum absolute atomic E-state index is 13.0. The third kappa shape index (κ3) is 3.89. The summed E-state index contributed by atoms with van der Waals surface area (Å²) in [7, 11) is -6.86. The van der Waals surface area contributed by atoms with Crippen LogP contribution in [0.1, 0.15) is 12.8 Å². The van der Waals surface area contributed by atoms with Crippen molar-refractivity contribution in [2.24, 2.45) is 0 Å². The van der Waals surface area contributed by atoms with Crippen LogP contribution in [0.3, 0.4) is 0 Å². The van der Waals surface area contributed by atoms with Crippen LogP contribution >= 0.6 is 10.3 Å². The van der Waals surface area contributed by atoms with E-state index in [1.807, 2.05) is 0 Å². The molecular formula is C17H19F3O5S2. The van der Waals surface area contributed by atoms with Gasteiger partial charge in [0, 0.05) is 28.9 Å². The Hall–Kier alpha value is -1.49. The molecule has 1 fully saturated rings. The van der Waals surface area contributed by atoms with Crippen LogP contribution in [0, 0.1) is 0 Å². The summed E-state index contributed by atoms with van der Waals surface area (Å²) in [5, 5.41) is 1.29. The third-order valence-corrected chi connectivity index (χ3v) is 9.66. The first-order chi connectivity index (χ1) is 12.7. The molecule has 0 N–H and O–H groups in total. The van der Waals surface area contributed by atoms with Crippen LogP contribution in [0.5, 0.6) is 5.75 Å². The molecular weight excluding hydrogens is 405 g/mol. The zero-order valence-corrected chi connectivity index (χ0v) is 16.1. The predicted molar refractivity (Wildman–Crippen MR) is 97.3 cm³/mol. The van der Waals surface area contributed by atoms with Crippen LogP contribution in [0.4, 0.5) is 13.2 Å². The van der Waals surface area contributed by atoms with Gasteiger partial charge in [-0.3, -0.25) is 0 Å². The number of rotatable bonds is 6. The van der Waals surface area contributed by atoms with Gasteiger partial charge in [0.2, 0.25) is 0 Å². The predicted octanol–water partition coefficient (Wildman–Crippen LogP) is 4.56. The minimum Gasteiger partial charge on any atom is -0.467 e. The number of alkyl halides is 3. The number of benzene rings is 2. The minimum atomic E-state index is -5.69. The van der Waals surface area contributed by atoms with Crippen molar-refractivity contribution in [2.75, 3.05) is 25.4 Å². The highest BCUT2D eigenvalue weighted by Gasteiger charge is 2.52. The first kappa shape index (κ1) is 20.2. The maximum Gasteiger partial charge on any atom is 0.523 e. The van der Waals surface area contributed by atoms with Gasteiger partial charge in [-0.15, -0.1) is 0 Å². The van der Waals surface area contributed by atoms with Crippen molar-refractivity contribution < 1.29 is 34.7 Å². The molecule has 0 radical (unpaired) electrons. The van der Waals surface area contributed by atoms with Crippen LogP contribution in [0.15, 0.2) is 41.3 Å². The lowest BCUT2D eigenvalue weighted by atomic mass is 10.1. The summed E-state index contributed by atoms with van der Waals surface area (Å²) in [6.07, 6.45) is 1.22. The minimum absolute atomic E-state index is 0.0142. The molecule has 27 heavy (non-hydrogen) atoms. The largest absolute Gasteiger partial charge is 0.523 e. The first-order valence-electron chi connectivity index (χ1n) is 8.15. The van der Waals surface area contributed by atoms with E-state index >= 15 is 0 Å². The van der Waals surface area contributed by atoms with Crippen molar-refractivity contribution >= 4 is 31.2 Å². The molecule has 0 saturated carbocycles. The first-order valence-corrected chi connectivity index (χ1v) is 11.5. The average Bonchev–Trinajstić information content (AvgIpc) is 3.07. The van der Waals surface area contributed by atoms with Crippen molar-refractivity contribution in [1.29, 1.82) is 0 Å². The average molecular weight is 424 g/mol. The lowest BCUT2D eigenvalue weighted by Crippen LogP contribution is -2.27. The molecule has 0 unspecified atom stereocenters. The van der Waals surface area contributed by atoms with Gasteiger partial charge in [-0.05, 0) is 30.4 Å². The van der Waals surface area contributed by atoms with E-state index in [0.717, 1.165) is 0 Å². The van der Waals surface area contributed by atoms with Crippen molar-refractivity contribution in [1.82, 2.24) is 0 Å². The maximum atomic E-state index is 13.0. The van der Waals surface area contributed by atoms with E-state index in [2.05, 4.69) is 0 Å². The lowest BCUT2D eigenvalue weighted by molar-refractivity contribution is -0.0496. The third-order valence-electron chi connectivity index (χ3n) is 4.28. The molecule has 0 aliphatic carbocycles. The number of hydrogen-bond donors (Lipinski definition) is 0. The van der Waals surface area contributed by atoms with E-state index in [1.54, 1.807) is 36.4 Å². The Bertz CT molecular complexity index is 922.